The number of rotatable bonds is 5. The molecular formula is C21H30N2O. The van der Waals surface area contributed by atoms with Gasteiger partial charge in [-0.3, -0.25) is 4.79 Å². The minimum atomic E-state index is 0.104. The molecule has 4 saturated carbocycles. The molecule has 4 aliphatic rings. The summed E-state index contributed by atoms with van der Waals surface area (Å²) in [6.45, 7) is 4.65. The first-order chi connectivity index (χ1) is 11.6. The molecule has 4 aliphatic carbocycles. The molecule has 1 aromatic rings. The Kier molecular flexibility index (Phi) is 4.38. The van der Waals surface area contributed by atoms with Crippen LogP contribution in [0.1, 0.15) is 50.2 Å². The van der Waals surface area contributed by atoms with E-state index in [-0.39, 0.29) is 5.91 Å². The van der Waals surface area contributed by atoms with Gasteiger partial charge < -0.3 is 10.6 Å². The molecule has 3 nitrogen and oxygen atoms in total. The largest absolute Gasteiger partial charge is 0.324 e. The van der Waals surface area contributed by atoms with E-state index in [1.807, 2.05) is 0 Å². The Balaban J connectivity index is 1.36. The van der Waals surface area contributed by atoms with Crippen LogP contribution < -0.4 is 10.6 Å². The first kappa shape index (κ1) is 16.1. The molecule has 1 aromatic carbocycles. The first-order valence-corrected chi connectivity index (χ1v) is 9.75. The average Bonchev–Trinajstić information content (AvgIpc) is 2.55. The molecule has 4 bridgehead atoms. The van der Waals surface area contributed by atoms with Crippen LogP contribution in [-0.2, 0) is 11.2 Å². The van der Waals surface area contributed by atoms with Crippen LogP contribution in [0.5, 0.6) is 0 Å². The lowest BCUT2D eigenvalue weighted by atomic mass is 9.54. The van der Waals surface area contributed by atoms with E-state index in [4.69, 9.17) is 0 Å². The van der Waals surface area contributed by atoms with Gasteiger partial charge in [-0.25, -0.2) is 0 Å². The summed E-state index contributed by atoms with van der Waals surface area (Å²) in [6, 6.07) is 6.82. The van der Waals surface area contributed by atoms with Gasteiger partial charge in [-0.1, -0.05) is 25.1 Å². The first-order valence-electron chi connectivity index (χ1n) is 9.75. The van der Waals surface area contributed by atoms with E-state index in [0.717, 1.165) is 41.3 Å². The Labute approximate surface area is 145 Å². The highest BCUT2D eigenvalue weighted by molar-refractivity contribution is 5.93. The third-order valence-corrected chi connectivity index (χ3v) is 6.73. The van der Waals surface area contributed by atoms with E-state index >= 15 is 0 Å². The molecular weight excluding hydrogens is 296 g/mol. The van der Waals surface area contributed by atoms with Crippen LogP contribution in [-0.4, -0.2) is 18.5 Å². The summed E-state index contributed by atoms with van der Waals surface area (Å²) in [5, 5.41) is 6.78. The van der Waals surface area contributed by atoms with Crippen LogP contribution >= 0.6 is 0 Å². The zero-order valence-corrected chi connectivity index (χ0v) is 15.0. The average molecular weight is 326 g/mol. The molecule has 5 rings (SSSR count). The lowest BCUT2D eigenvalue weighted by Crippen LogP contribution is -2.55. The minimum absolute atomic E-state index is 0.104. The van der Waals surface area contributed by atoms with Crippen molar-refractivity contribution in [3.8, 4) is 0 Å². The van der Waals surface area contributed by atoms with Crippen molar-refractivity contribution in [3.63, 3.8) is 0 Å². The normalized spacial score (nSPS) is 33.7. The molecule has 1 amide bonds. The fraction of sp³-hybridized carbons (Fsp3) is 0.667. The van der Waals surface area contributed by atoms with Gasteiger partial charge in [0.15, 0.2) is 0 Å². The number of aryl methyl sites for hydroxylation is 2. The van der Waals surface area contributed by atoms with E-state index in [1.54, 1.807) is 0 Å². The third-order valence-electron chi connectivity index (χ3n) is 6.73. The maximum atomic E-state index is 12.5. The summed E-state index contributed by atoms with van der Waals surface area (Å²) in [4.78, 5) is 12.5. The van der Waals surface area contributed by atoms with Crippen molar-refractivity contribution in [3.05, 3.63) is 29.3 Å². The Morgan fingerprint density at radius 2 is 1.75 bits per heavy atom. The Morgan fingerprint density at radius 1 is 1.08 bits per heavy atom. The number of anilines is 1. The van der Waals surface area contributed by atoms with Crippen molar-refractivity contribution in [1.29, 1.82) is 0 Å². The van der Waals surface area contributed by atoms with Crippen molar-refractivity contribution in [2.45, 2.75) is 58.4 Å². The highest BCUT2D eigenvalue weighted by Crippen LogP contribution is 2.53. The van der Waals surface area contributed by atoms with E-state index in [0.29, 0.717) is 12.6 Å². The fourth-order valence-corrected chi connectivity index (χ4v) is 5.85. The second kappa shape index (κ2) is 6.51. The summed E-state index contributed by atoms with van der Waals surface area (Å²) in [5.74, 6) is 3.71. The van der Waals surface area contributed by atoms with Crippen LogP contribution in [0, 0.1) is 30.6 Å². The summed E-state index contributed by atoms with van der Waals surface area (Å²) in [7, 11) is 0. The number of carbonyl (C=O) groups excluding carboxylic acids is 1. The van der Waals surface area contributed by atoms with Gasteiger partial charge >= 0.3 is 0 Å². The number of amides is 1. The van der Waals surface area contributed by atoms with Gasteiger partial charge in [0.2, 0.25) is 5.91 Å². The van der Waals surface area contributed by atoms with Crippen LogP contribution in [0.25, 0.3) is 0 Å². The SMILES string of the molecule is CCc1cccc(C)c1NC(=O)CNC1C2CC3CC(C2)CC1C3. The highest BCUT2D eigenvalue weighted by atomic mass is 16.1. The number of hydrogen-bond donors (Lipinski definition) is 2. The summed E-state index contributed by atoms with van der Waals surface area (Å²) < 4.78 is 0. The van der Waals surface area contributed by atoms with Gasteiger partial charge in [0.05, 0.1) is 6.54 Å². The van der Waals surface area contributed by atoms with Gasteiger partial charge in [-0.15, -0.1) is 0 Å². The monoisotopic (exact) mass is 326 g/mol. The van der Waals surface area contributed by atoms with Crippen LogP contribution in [0.15, 0.2) is 18.2 Å². The molecule has 0 heterocycles. The van der Waals surface area contributed by atoms with Crippen LogP contribution in [0.3, 0.4) is 0 Å². The minimum Gasteiger partial charge on any atom is -0.324 e. The third kappa shape index (κ3) is 2.99. The van der Waals surface area contributed by atoms with Crippen LogP contribution in [0.4, 0.5) is 5.69 Å². The van der Waals surface area contributed by atoms with Crippen molar-refractivity contribution < 1.29 is 4.79 Å². The number of hydrogen-bond acceptors (Lipinski definition) is 2. The zero-order valence-electron chi connectivity index (χ0n) is 15.0. The van der Waals surface area contributed by atoms with Gasteiger partial charge in [0.1, 0.15) is 0 Å². The van der Waals surface area contributed by atoms with Crippen molar-refractivity contribution >= 4 is 11.6 Å². The van der Waals surface area contributed by atoms with E-state index < -0.39 is 0 Å². The maximum absolute atomic E-state index is 12.5. The van der Waals surface area contributed by atoms with E-state index in [1.165, 1.54) is 37.7 Å². The molecule has 0 unspecified atom stereocenters. The topological polar surface area (TPSA) is 41.1 Å². The molecule has 0 spiro atoms. The van der Waals surface area contributed by atoms with Crippen molar-refractivity contribution in [2.24, 2.45) is 23.7 Å². The highest BCUT2D eigenvalue weighted by Gasteiger charge is 2.47. The van der Waals surface area contributed by atoms with Gasteiger partial charge in [0, 0.05) is 11.7 Å². The van der Waals surface area contributed by atoms with E-state index in [2.05, 4.69) is 42.7 Å². The number of benzene rings is 1. The molecule has 3 heteroatoms. The molecule has 0 aromatic heterocycles. The smallest absolute Gasteiger partial charge is 0.238 e. The van der Waals surface area contributed by atoms with Crippen molar-refractivity contribution in [1.82, 2.24) is 5.32 Å². The molecule has 0 radical (unpaired) electrons. The summed E-state index contributed by atoms with van der Waals surface area (Å²) in [6.07, 6.45) is 8.00. The Hall–Kier alpha value is -1.35. The number of carbonyl (C=O) groups is 1. The molecule has 0 saturated heterocycles. The number of para-hydroxylation sites is 1. The van der Waals surface area contributed by atoms with Crippen LogP contribution in [0.2, 0.25) is 0 Å². The predicted octanol–water partition coefficient (Wildman–Crippen LogP) is 3.91. The number of nitrogens with one attached hydrogen (secondary N) is 2. The second-order valence-electron chi connectivity index (χ2n) is 8.35. The molecule has 130 valence electrons. The summed E-state index contributed by atoms with van der Waals surface area (Å²) >= 11 is 0. The van der Waals surface area contributed by atoms with Crippen molar-refractivity contribution in [2.75, 3.05) is 11.9 Å². The lowest BCUT2D eigenvalue weighted by Gasteiger charge is -2.54. The Morgan fingerprint density at radius 3 is 2.38 bits per heavy atom. The zero-order chi connectivity index (χ0) is 16.7. The molecule has 2 N–H and O–H groups in total. The molecule has 4 fully saturated rings. The standard InChI is InChI=1S/C21H30N2O/c1-3-16-6-4-5-13(2)20(16)23-19(24)12-22-21-17-8-14-7-15(10-17)11-18(21)9-14/h4-6,14-15,17-18,21-22H,3,7-12H2,1-2H3,(H,23,24). The molecule has 0 atom stereocenters. The fourth-order valence-electron chi connectivity index (χ4n) is 5.85. The quantitative estimate of drug-likeness (QED) is 0.861. The lowest BCUT2D eigenvalue weighted by molar-refractivity contribution is -0.116. The Bertz CT molecular complexity index is 596. The molecule has 24 heavy (non-hydrogen) atoms. The summed E-state index contributed by atoms with van der Waals surface area (Å²) in [5.41, 5.74) is 3.38. The van der Waals surface area contributed by atoms with Gasteiger partial charge in [-0.05, 0) is 80.2 Å². The maximum Gasteiger partial charge on any atom is 0.238 e. The molecule has 0 aliphatic heterocycles. The van der Waals surface area contributed by atoms with Gasteiger partial charge in [0.25, 0.3) is 0 Å². The second-order valence-corrected chi connectivity index (χ2v) is 8.35. The predicted molar refractivity (Wildman–Crippen MR) is 98.0 cm³/mol. The van der Waals surface area contributed by atoms with E-state index in [9.17, 15) is 4.79 Å². The van der Waals surface area contributed by atoms with Gasteiger partial charge in [-0.2, -0.15) is 0 Å².